The predicted molar refractivity (Wildman–Crippen MR) is 120 cm³/mol. The molecule has 2 atom stereocenters. The molecule has 0 aliphatic carbocycles. The van der Waals surface area contributed by atoms with Crippen molar-refractivity contribution in [3.05, 3.63) is 98.7 Å². The Labute approximate surface area is 187 Å². The summed E-state index contributed by atoms with van der Waals surface area (Å²) in [7, 11) is 1.52. The molecule has 30 heavy (non-hydrogen) atoms. The average molecular weight is 490 g/mol. The van der Waals surface area contributed by atoms with E-state index in [0.29, 0.717) is 20.8 Å². The third kappa shape index (κ3) is 4.17. The van der Waals surface area contributed by atoms with Gasteiger partial charge in [-0.25, -0.2) is 4.39 Å². The van der Waals surface area contributed by atoms with Gasteiger partial charge in [0.15, 0.2) is 11.5 Å². The minimum atomic E-state index is -0.329. The van der Waals surface area contributed by atoms with Crippen LogP contribution < -0.4 is 15.4 Å². The Bertz CT molecular complexity index is 1100. The van der Waals surface area contributed by atoms with Crippen molar-refractivity contribution in [2.45, 2.75) is 12.2 Å². The number of ether oxygens (including phenoxy) is 1. The Morgan fingerprint density at radius 3 is 2.57 bits per heavy atom. The van der Waals surface area contributed by atoms with Crippen molar-refractivity contribution >= 4 is 33.2 Å². The molecule has 3 aromatic carbocycles. The van der Waals surface area contributed by atoms with Crippen molar-refractivity contribution in [1.29, 1.82) is 0 Å². The quantitative estimate of drug-likeness (QED) is 0.425. The largest absolute Gasteiger partial charge is 0.504 e. The molecule has 4 nitrogen and oxygen atoms in total. The van der Waals surface area contributed by atoms with Gasteiger partial charge in [-0.05, 0) is 63.5 Å². The first kappa shape index (κ1) is 20.7. The second-order valence-electron chi connectivity index (χ2n) is 6.88. The van der Waals surface area contributed by atoms with Crippen LogP contribution >= 0.6 is 27.5 Å². The molecule has 0 saturated carbocycles. The summed E-state index contributed by atoms with van der Waals surface area (Å²) in [6.07, 6.45) is 1.67. The highest BCUT2D eigenvalue weighted by molar-refractivity contribution is 9.10. The van der Waals surface area contributed by atoms with Crippen LogP contribution in [0, 0.1) is 5.82 Å². The normalized spacial score (nSPS) is 18.5. The fourth-order valence-electron chi connectivity index (χ4n) is 3.45. The molecule has 3 aromatic rings. The molecule has 1 aliphatic rings. The number of nitrogens with one attached hydrogen (secondary N) is 2. The summed E-state index contributed by atoms with van der Waals surface area (Å²) in [5.74, 6) is 0.144. The molecule has 0 radical (unpaired) electrons. The number of aromatic hydroxyl groups is 1. The van der Waals surface area contributed by atoms with Crippen LogP contribution in [-0.2, 0) is 0 Å². The minimum Gasteiger partial charge on any atom is -0.504 e. The third-order valence-electron chi connectivity index (χ3n) is 5.00. The number of hydrogen-bond acceptors (Lipinski definition) is 4. The highest BCUT2D eigenvalue weighted by Crippen LogP contribution is 2.38. The fourth-order valence-corrected chi connectivity index (χ4v) is 3.98. The van der Waals surface area contributed by atoms with Gasteiger partial charge in [0.25, 0.3) is 0 Å². The Kier molecular flexibility index (Phi) is 5.99. The lowest BCUT2D eigenvalue weighted by Crippen LogP contribution is -2.39. The van der Waals surface area contributed by atoms with E-state index in [2.05, 4.69) is 26.6 Å². The molecule has 3 N–H and O–H groups in total. The number of hydrogen-bond donors (Lipinski definition) is 3. The van der Waals surface area contributed by atoms with E-state index >= 15 is 0 Å². The summed E-state index contributed by atoms with van der Waals surface area (Å²) in [5, 5.41) is 18.2. The average Bonchev–Trinajstić information content (AvgIpc) is 2.76. The standard InChI is InChI=1S/C23H19BrClFN2O2/c1-30-21-4-2-3-16(22(21)29)20-12-19(13-5-8-15(25)9-6-13)27-23(28-20)14-7-10-18(26)17(24)11-14/h2-12,20,23,27-29H,1H3. The van der Waals surface area contributed by atoms with Crippen LogP contribution in [0.15, 0.2) is 71.2 Å². The Balaban J connectivity index is 1.78. The van der Waals surface area contributed by atoms with Gasteiger partial charge in [0.2, 0.25) is 0 Å². The third-order valence-corrected chi connectivity index (χ3v) is 5.86. The molecule has 2 unspecified atom stereocenters. The summed E-state index contributed by atoms with van der Waals surface area (Å²) < 4.78 is 19.4. The van der Waals surface area contributed by atoms with Gasteiger partial charge in [-0.15, -0.1) is 0 Å². The topological polar surface area (TPSA) is 53.5 Å². The zero-order valence-corrected chi connectivity index (χ0v) is 18.3. The summed E-state index contributed by atoms with van der Waals surface area (Å²) >= 11 is 9.30. The second kappa shape index (κ2) is 8.68. The number of methoxy groups -OCH3 is 1. The van der Waals surface area contributed by atoms with Crippen molar-refractivity contribution in [3.63, 3.8) is 0 Å². The van der Waals surface area contributed by atoms with Gasteiger partial charge in [0, 0.05) is 16.3 Å². The van der Waals surface area contributed by atoms with Gasteiger partial charge in [-0.3, -0.25) is 5.32 Å². The molecule has 4 rings (SSSR count). The zero-order chi connectivity index (χ0) is 21.3. The van der Waals surface area contributed by atoms with Crippen molar-refractivity contribution < 1.29 is 14.2 Å². The smallest absolute Gasteiger partial charge is 0.162 e. The molecule has 1 heterocycles. The molecular formula is C23H19BrClFN2O2. The Hall–Kier alpha value is -2.54. The lowest BCUT2D eigenvalue weighted by molar-refractivity contribution is 0.363. The van der Waals surface area contributed by atoms with Crippen LogP contribution in [-0.4, -0.2) is 12.2 Å². The molecule has 154 valence electrons. The summed E-state index contributed by atoms with van der Waals surface area (Å²) in [5.41, 5.74) is 3.33. The highest BCUT2D eigenvalue weighted by Gasteiger charge is 2.27. The SMILES string of the molecule is COc1cccc(C2C=C(c3ccc(Cl)cc3)NC(c3ccc(F)c(Br)c3)N2)c1O. The van der Waals surface area contributed by atoms with Crippen molar-refractivity contribution in [2.24, 2.45) is 0 Å². The van der Waals surface area contributed by atoms with Gasteiger partial charge >= 0.3 is 0 Å². The summed E-state index contributed by atoms with van der Waals surface area (Å²) in [6, 6.07) is 17.4. The minimum absolute atomic E-state index is 0.0742. The number of para-hydroxylation sites is 1. The van der Waals surface area contributed by atoms with Crippen LogP contribution in [0.25, 0.3) is 5.70 Å². The lowest BCUT2D eigenvalue weighted by Gasteiger charge is -2.33. The number of rotatable bonds is 4. The van der Waals surface area contributed by atoms with Gasteiger partial charge in [-0.1, -0.05) is 41.9 Å². The summed E-state index contributed by atoms with van der Waals surface area (Å²) in [6.45, 7) is 0. The monoisotopic (exact) mass is 488 g/mol. The number of benzene rings is 3. The fraction of sp³-hybridized carbons (Fsp3) is 0.130. The van der Waals surface area contributed by atoms with E-state index in [0.717, 1.165) is 16.8 Å². The second-order valence-corrected chi connectivity index (χ2v) is 8.17. The molecule has 0 amide bonds. The van der Waals surface area contributed by atoms with E-state index < -0.39 is 0 Å². The molecule has 0 bridgehead atoms. The number of phenolic OH excluding ortho intramolecular Hbond substituents is 1. The molecule has 7 heteroatoms. The lowest BCUT2D eigenvalue weighted by atomic mass is 9.97. The molecule has 0 fully saturated rings. The van der Waals surface area contributed by atoms with E-state index in [1.54, 1.807) is 18.2 Å². The maximum Gasteiger partial charge on any atom is 0.162 e. The predicted octanol–water partition coefficient (Wildman–Crippen LogP) is 5.93. The van der Waals surface area contributed by atoms with Crippen LogP contribution in [0.3, 0.4) is 0 Å². The van der Waals surface area contributed by atoms with Crippen LogP contribution in [0.5, 0.6) is 11.5 Å². The van der Waals surface area contributed by atoms with Crippen LogP contribution in [0.1, 0.15) is 28.9 Å². The van der Waals surface area contributed by atoms with Gasteiger partial charge < -0.3 is 15.2 Å². The van der Waals surface area contributed by atoms with E-state index in [1.807, 2.05) is 42.5 Å². The number of phenols is 1. The molecule has 0 aromatic heterocycles. The first-order chi connectivity index (χ1) is 14.5. The van der Waals surface area contributed by atoms with E-state index in [4.69, 9.17) is 16.3 Å². The van der Waals surface area contributed by atoms with Gasteiger partial charge in [0.05, 0.1) is 17.6 Å². The number of halogens is 3. The zero-order valence-electron chi connectivity index (χ0n) is 16.0. The van der Waals surface area contributed by atoms with Crippen molar-refractivity contribution in [3.8, 4) is 11.5 Å². The maximum absolute atomic E-state index is 13.8. The van der Waals surface area contributed by atoms with E-state index in [-0.39, 0.29) is 23.8 Å². The molecular weight excluding hydrogens is 471 g/mol. The Morgan fingerprint density at radius 1 is 1.10 bits per heavy atom. The maximum atomic E-state index is 13.8. The van der Waals surface area contributed by atoms with Gasteiger partial charge in [0.1, 0.15) is 12.0 Å². The molecule has 1 aliphatic heterocycles. The molecule has 0 saturated heterocycles. The van der Waals surface area contributed by atoms with Crippen LogP contribution in [0.4, 0.5) is 4.39 Å². The van der Waals surface area contributed by atoms with E-state index in [9.17, 15) is 9.50 Å². The highest BCUT2D eigenvalue weighted by atomic mass is 79.9. The first-order valence-electron chi connectivity index (χ1n) is 9.27. The first-order valence-corrected chi connectivity index (χ1v) is 10.4. The van der Waals surface area contributed by atoms with E-state index in [1.165, 1.54) is 13.2 Å². The Morgan fingerprint density at radius 2 is 1.87 bits per heavy atom. The summed E-state index contributed by atoms with van der Waals surface area (Å²) in [4.78, 5) is 0. The van der Waals surface area contributed by atoms with Gasteiger partial charge in [-0.2, -0.15) is 0 Å². The van der Waals surface area contributed by atoms with Crippen molar-refractivity contribution in [2.75, 3.05) is 7.11 Å². The molecule has 0 spiro atoms. The van der Waals surface area contributed by atoms with Crippen LogP contribution in [0.2, 0.25) is 5.02 Å². The van der Waals surface area contributed by atoms with Crippen molar-refractivity contribution in [1.82, 2.24) is 10.6 Å².